The zero-order valence-corrected chi connectivity index (χ0v) is 10.5. The van der Waals surface area contributed by atoms with E-state index in [2.05, 4.69) is 34.1 Å². The minimum atomic E-state index is -0.350. The lowest BCUT2D eigenvalue weighted by molar-refractivity contribution is -0.141. The van der Waals surface area contributed by atoms with Crippen LogP contribution in [0.15, 0.2) is 5.16 Å². The average Bonchev–Trinajstić information content (AvgIpc) is 2.66. The molecule has 0 bridgehead atoms. The van der Waals surface area contributed by atoms with E-state index in [-0.39, 0.29) is 12.5 Å². The average molecular weight is 244 g/mol. The number of carbonyl (C=O) groups excluding carboxylic acids is 1. The topological polar surface area (TPSA) is 69.9 Å². The highest BCUT2D eigenvalue weighted by Crippen LogP contribution is 2.23. The Morgan fingerprint density at radius 3 is 3.00 bits per heavy atom. The molecule has 0 saturated heterocycles. The molecule has 6 nitrogen and oxygen atoms in total. The van der Waals surface area contributed by atoms with Gasteiger partial charge in [-0.3, -0.25) is 4.79 Å². The van der Waals surface area contributed by atoms with Crippen molar-refractivity contribution in [1.29, 1.82) is 0 Å². The molecule has 1 heterocycles. The van der Waals surface area contributed by atoms with E-state index in [1.807, 2.05) is 0 Å². The minimum Gasteiger partial charge on any atom is -0.468 e. The van der Waals surface area contributed by atoms with Gasteiger partial charge in [0.25, 0.3) is 0 Å². The molecule has 0 saturated carbocycles. The largest absolute Gasteiger partial charge is 0.468 e. The Kier molecular flexibility index (Phi) is 5.24. The van der Waals surface area contributed by atoms with Crippen molar-refractivity contribution >= 4 is 17.7 Å². The number of methoxy groups -OCH3 is 1. The number of hydrogen-bond acceptors (Lipinski definition) is 6. The van der Waals surface area contributed by atoms with E-state index in [1.165, 1.54) is 11.8 Å². The summed E-state index contributed by atoms with van der Waals surface area (Å²) in [6.45, 7) is 4.31. The summed E-state index contributed by atoms with van der Waals surface area (Å²) < 4.78 is 6.03. The lowest BCUT2D eigenvalue weighted by Gasteiger charge is -2.08. The van der Waals surface area contributed by atoms with Gasteiger partial charge in [0.1, 0.15) is 6.54 Å². The summed E-state index contributed by atoms with van der Waals surface area (Å²) >= 11 is 1.57. The van der Waals surface area contributed by atoms with Crippen molar-refractivity contribution in [2.45, 2.75) is 43.6 Å². The first-order valence-electron chi connectivity index (χ1n) is 5.17. The number of carbonyl (C=O) groups is 1. The summed E-state index contributed by atoms with van der Waals surface area (Å²) in [7, 11) is 1.35. The van der Waals surface area contributed by atoms with Crippen LogP contribution in [0.25, 0.3) is 0 Å². The Bertz CT molecular complexity index is 342. The Labute approximate surface area is 98.7 Å². The van der Waals surface area contributed by atoms with Crippen LogP contribution in [0.1, 0.15) is 26.7 Å². The number of nitrogens with zero attached hydrogens (tertiary/aromatic N) is 4. The van der Waals surface area contributed by atoms with Gasteiger partial charge in [-0.05, 0) is 16.8 Å². The first kappa shape index (κ1) is 13.0. The highest BCUT2D eigenvalue weighted by molar-refractivity contribution is 7.99. The van der Waals surface area contributed by atoms with E-state index in [0.717, 1.165) is 12.8 Å². The predicted octanol–water partition coefficient (Wildman–Crippen LogP) is 1.13. The third-order valence-corrected chi connectivity index (χ3v) is 3.15. The van der Waals surface area contributed by atoms with Crippen LogP contribution in [0.3, 0.4) is 0 Å². The molecular formula is C9H16N4O2S. The van der Waals surface area contributed by atoms with Crippen LogP contribution in [0.4, 0.5) is 0 Å². The van der Waals surface area contributed by atoms with Gasteiger partial charge in [-0.25, -0.2) is 4.68 Å². The number of rotatable bonds is 6. The van der Waals surface area contributed by atoms with Gasteiger partial charge in [0.05, 0.1) is 7.11 Å². The number of thioether (sulfide) groups is 1. The number of tetrazole rings is 1. The smallest absolute Gasteiger partial charge is 0.327 e. The van der Waals surface area contributed by atoms with Crippen molar-refractivity contribution in [3.8, 4) is 0 Å². The molecule has 0 amide bonds. The Balaban J connectivity index is 2.59. The van der Waals surface area contributed by atoms with Crippen molar-refractivity contribution < 1.29 is 9.53 Å². The molecule has 1 atom stereocenters. The Morgan fingerprint density at radius 2 is 2.38 bits per heavy atom. The molecular weight excluding hydrogens is 228 g/mol. The Hall–Kier alpha value is -1.11. The first-order chi connectivity index (χ1) is 7.67. The molecule has 0 N–H and O–H groups in total. The molecule has 1 unspecified atom stereocenters. The van der Waals surface area contributed by atoms with Crippen molar-refractivity contribution in [3.05, 3.63) is 0 Å². The lowest BCUT2D eigenvalue weighted by atomic mass is 10.3. The van der Waals surface area contributed by atoms with Gasteiger partial charge >= 0.3 is 5.97 Å². The van der Waals surface area contributed by atoms with Crippen LogP contribution in [0, 0.1) is 0 Å². The van der Waals surface area contributed by atoms with Gasteiger partial charge in [-0.2, -0.15) is 0 Å². The third-order valence-electron chi connectivity index (χ3n) is 2.01. The maximum atomic E-state index is 11.1. The van der Waals surface area contributed by atoms with E-state index in [4.69, 9.17) is 0 Å². The van der Waals surface area contributed by atoms with E-state index in [1.54, 1.807) is 11.8 Å². The molecule has 0 radical (unpaired) electrons. The summed E-state index contributed by atoms with van der Waals surface area (Å²) in [4.78, 5) is 11.1. The molecule has 90 valence electrons. The maximum Gasteiger partial charge on any atom is 0.327 e. The summed E-state index contributed by atoms with van der Waals surface area (Å²) in [5.74, 6) is -0.350. The molecule has 0 spiro atoms. The number of ether oxygens (including phenoxy) is 1. The molecule has 0 aliphatic rings. The number of aromatic nitrogens is 4. The molecule has 1 rings (SSSR count). The van der Waals surface area contributed by atoms with Crippen LogP contribution in [-0.4, -0.2) is 38.5 Å². The molecule has 16 heavy (non-hydrogen) atoms. The number of hydrogen-bond donors (Lipinski definition) is 0. The van der Waals surface area contributed by atoms with Gasteiger partial charge in [0.2, 0.25) is 5.16 Å². The quantitative estimate of drug-likeness (QED) is 0.552. The van der Waals surface area contributed by atoms with Crippen molar-refractivity contribution in [3.63, 3.8) is 0 Å². The SMILES string of the molecule is CCCC(C)Sc1nnnn1CC(=O)OC. The second-order valence-corrected chi connectivity index (χ2v) is 4.82. The third kappa shape index (κ3) is 3.80. The molecule has 0 aromatic carbocycles. The minimum absolute atomic E-state index is 0.0602. The summed E-state index contributed by atoms with van der Waals surface area (Å²) in [6.07, 6.45) is 2.21. The van der Waals surface area contributed by atoms with Crippen LogP contribution < -0.4 is 0 Å². The lowest BCUT2D eigenvalue weighted by Crippen LogP contribution is -2.14. The van der Waals surface area contributed by atoms with Gasteiger partial charge in [0, 0.05) is 5.25 Å². The van der Waals surface area contributed by atoms with E-state index in [0.29, 0.717) is 10.4 Å². The molecule has 1 aromatic rings. The summed E-state index contributed by atoms with van der Waals surface area (Å²) in [6, 6.07) is 0. The van der Waals surface area contributed by atoms with E-state index in [9.17, 15) is 4.79 Å². The van der Waals surface area contributed by atoms with Gasteiger partial charge < -0.3 is 4.74 Å². The molecule has 0 aliphatic carbocycles. The van der Waals surface area contributed by atoms with Crippen LogP contribution >= 0.6 is 11.8 Å². The second-order valence-electron chi connectivity index (χ2n) is 3.41. The van der Waals surface area contributed by atoms with Crippen molar-refractivity contribution in [2.75, 3.05) is 7.11 Å². The van der Waals surface area contributed by atoms with Crippen LogP contribution in [0.5, 0.6) is 0 Å². The fraction of sp³-hybridized carbons (Fsp3) is 0.778. The first-order valence-corrected chi connectivity index (χ1v) is 6.05. The van der Waals surface area contributed by atoms with Crippen LogP contribution in [-0.2, 0) is 16.1 Å². The monoisotopic (exact) mass is 244 g/mol. The zero-order chi connectivity index (χ0) is 12.0. The maximum absolute atomic E-state index is 11.1. The summed E-state index contributed by atoms with van der Waals surface area (Å²) in [5, 5.41) is 12.3. The standard InChI is InChI=1S/C9H16N4O2S/c1-4-5-7(2)16-9-10-11-12-13(9)6-8(14)15-3/h7H,4-6H2,1-3H3. The second kappa shape index (κ2) is 6.47. The van der Waals surface area contributed by atoms with Gasteiger partial charge in [-0.15, -0.1) is 5.10 Å². The molecule has 1 aromatic heterocycles. The molecule has 7 heteroatoms. The number of esters is 1. The fourth-order valence-electron chi connectivity index (χ4n) is 1.21. The molecule has 0 fully saturated rings. The van der Waals surface area contributed by atoms with Crippen LogP contribution in [0.2, 0.25) is 0 Å². The Morgan fingerprint density at radius 1 is 1.62 bits per heavy atom. The molecule has 0 aliphatic heterocycles. The highest BCUT2D eigenvalue weighted by atomic mass is 32.2. The zero-order valence-electron chi connectivity index (χ0n) is 9.71. The highest BCUT2D eigenvalue weighted by Gasteiger charge is 2.13. The fourth-order valence-corrected chi connectivity index (χ4v) is 2.23. The normalized spacial score (nSPS) is 12.4. The van der Waals surface area contributed by atoms with Gasteiger partial charge in [0.15, 0.2) is 0 Å². The van der Waals surface area contributed by atoms with E-state index >= 15 is 0 Å². The van der Waals surface area contributed by atoms with E-state index < -0.39 is 0 Å². The predicted molar refractivity (Wildman–Crippen MR) is 60.1 cm³/mol. The van der Waals surface area contributed by atoms with Crippen molar-refractivity contribution in [2.24, 2.45) is 0 Å². The summed E-state index contributed by atoms with van der Waals surface area (Å²) in [5.41, 5.74) is 0. The van der Waals surface area contributed by atoms with Crippen molar-refractivity contribution in [1.82, 2.24) is 20.2 Å². The van der Waals surface area contributed by atoms with Gasteiger partial charge in [-0.1, -0.05) is 32.0 Å².